The number of nitrogens with zero attached hydrogens (tertiary/aromatic N) is 1. The maximum Gasteiger partial charge on any atom is 0.0576 e. The molecule has 0 saturated carbocycles. The van der Waals surface area contributed by atoms with Crippen LogP contribution in [0.5, 0.6) is 0 Å². The summed E-state index contributed by atoms with van der Waals surface area (Å²) in [4.78, 5) is 2.60. The van der Waals surface area contributed by atoms with Gasteiger partial charge in [0.1, 0.15) is 0 Å². The van der Waals surface area contributed by atoms with Gasteiger partial charge in [0, 0.05) is 18.2 Å². The zero-order valence-electron chi connectivity index (χ0n) is 13.7. The van der Waals surface area contributed by atoms with Gasteiger partial charge < -0.3 is 10.1 Å². The Morgan fingerprint density at radius 2 is 2.00 bits per heavy atom. The van der Waals surface area contributed by atoms with Gasteiger partial charge in [-0.05, 0) is 59.2 Å². The Kier molecular flexibility index (Phi) is 7.33. The Balaban J connectivity index is 2.62. The fraction of sp³-hybridized carbons (Fsp3) is 1.00. The summed E-state index contributed by atoms with van der Waals surface area (Å²) in [6, 6.07) is 0.543. The Bertz CT molecular complexity index is 237. The molecule has 1 aliphatic rings. The number of ether oxygens (including phenoxy) is 1. The summed E-state index contributed by atoms with van der Waals surface area (Å²) in [5.74, 6) is 0. The normalized spacial score (nSPS) is 24.6. The van der Waals surface area contributed by atoms with E-state index in [1.165, 1.54) is 32.1 Å². The van der Waals surface area contributed by atoms with Crippen LogP contribution in [0.1, 0.15) is 59.8 Å². The lowest BCUT2D eigenvalue weighted by Gasteiger charge is -2.46. The number of likely N-dealkylation sites (N-methyl/N-ethyl adjacent to an activating group) is 2. The van der Waals surface area contributed by atoms with Crippen molar-refractivity contribution in [2.45, 2.75) is 77.5 Å². The average molecular weight is 270 g/mol. The summed E-state index contributed by atoms with van der Waals surface area (Å²) in [6.07, 6.45) is 6.60. The second-order valence-corrected chi connectivity index (χ2v) is 5.94. The Labute approximate surface area is 120 Å². The Morgan fingerprint density at radius 1 is 1.32 bits per heavy atom. The molecule has 3 atom stereocenters. The van der Waals surface area contributed by atoms with Gasteiger partial charge in [-0.2, -0.15) is 0 Å². The molecule has 0 radical (unpaired) electrons. The Hall–Kier alpha value is -0.120. The van der Waals surface area contributed by atoms with Crippen molar-refractivity contribution in [1.82, 2.24) is 10.2 Å². The minimum Gasteiger partial charge on any atom is -0.378 e. The summed E-state index contributed by atoms with van der Waals surface area (Å²) < 4.78 is 5.77. The third-order valence-corrected chi connectivity index (χ3v) is 5.10. The van der Waals surface area contributed by atoms with Crippen LogP contribution in [0.15, 0.2) is 0 Å². The number of nitrogens with one attached hydrogen (secondary N) is 1. The molecule has 1 rings (SSSR count). The lowest BCUT2D eigenvalue weighted by molar-refractivity contribution is 0.0543. The predicted octanol–water partition coefficient (Wildman–Crippen LogP) is 3.04. The van der Waals surface area contributed by atoms with E-state index >= 15 is 0 Å². The zero-order valence-corrected chi connectivity index (χ0v) is 13.7. The van der Waals surface area contributed by atoms with Gasteiger partial charge in [0.25, 0.3) is 0 Å². The highest BCUT2D eigenvalue weighted by molar-refractivity contribution is 4.95. The molecule has 0 spiro atoms. The molecular formula is C16H34N2O. The molecular weight excluding hydrogens is 236 g/mol. The van der Waals surface area contributed by atoms with Gasteiger partial charge in [0.05, 0.1) is 6.10 Å². The molecule has 0 aromatic heterocycles. The van der Waals surface area contributed by atoms with E-state index in [1.54, 1.807) is 0 Å². The molecule has 114 valence electrons. The fourth-order valence-corrected chi connectivity index (χ4v) is 3.63. The van der Waals surface area contributed by atoms with E-state index in [-0.39, 0.29) is 5.54 Å². The van der Waals surface area contributed by atoms with Gasteiger partial charge in [-0.3, -0.25) is 4.90 Å². The molecule has 3 unspecified atom stereocenters. The van der Waals surface area contributed by atoms with Gasteiger partial charge in [-0.1, -0.05) is 20.8 Å². The number of rotatable bonds is 9. The van der Waals surface area contributed by atoms with Crippen LogP contribution in [0, 0.1) is 0 Å². The predicted molar refractivity (Wildman–Crippen MR) is 82.7 cm³/mol. The average Bonchev–Trinajstić information content (AvgIpc) is 2.93. The van der Waals surface area contributed by atoms with Crippen molar-refractivity contribution in [3.63, 3.8) is 0 Å². The molecule has 1 heterocycles. The van der Waals surface area contributed by atoms with Crippen molar-refractivity contribution in [1.29, 1.82) is 0 Å². The molecule has 3 heteroatoms. The van der Waals surface area contributed by atoms with Crippen molar-refractivity contribution < 1.29 is 4.74 Å². The van der Waals surface area contributed by atoms with E-state index < -0.39 is 0 Å². The van der Waals surface area contributed by atoms with Crippen LogP contribution in [-0.2, 0) is 4.74 Å². The van der Waals surface area contributed by atoms with E-state index in [9.17, 15) is 0 Å². The lowest BCUT2D eigenvalue weighted by atomic mass is 9.83. The number of hydrogen-bond donors (Lipinski definition) is 1. The fourth-order valence-electron chi connectivity index (χ4n) is 3.63. The molecule has 0 bridgehead atoms. The van der Waals surface area contributed by atoms with E-state index in [2.05, 4.69) is 45.0 Å². The quantitative estimate of drug-likeness (QED) is 0.697. The second-order valence-electron chi connectivity index (χ2n) is 5.94. The minimum absolute atomic E-state index is 0.247. The molecule has 3 nitrogen and oxygen atoms in total. The van der Waals surface area contributed by atoms with Crippen LogP contribution in [-0.4, -0.2) is 49.3 Å². The molecule has 19 heavy (non-hydrogen) atoms. The smallest absolute Gasteiger partial charge is 0.0576 e. The maximum absolute atomic E-state index is 5.77. The van der Waals surface area contributed by atoms with Gasteiger partial charge in [0.2, 0.25) is 0 Å². The maximum atomic E-state index is 5.77. The van der Waals surface area contributed by atoms with Crippen molar-refractivity contribution >= 4 is 0 Å². The highest BCUT2D eigenvalue weighted by atomic mass is 16.5. The molecule has 0 aliphatic carbocycles. The van der Waals surface area contributed by atoms with Crippen LogP contribution in [0.4, 0.5) is 0 Å². The monoisotopic (exact) mass is 270 g/mol. The molecule has 1 saturated heterocycles. The van der Waals surface area contributed by atoms with Crippen LogP contribution >= 0.6 is 0 Å². The highest BCUT2D eigenvalue weighted by Crippen LogP contribution is 2.28. The molecule has 0 aromatic rings. The molecule has 0 amide bonds. The third kappa shape index (κ3) is 4.17. The molecule has 0 aromatic carbocycles. The standard InChI is InChI=1S/C16H34N2O/c1-6-16(4,18(7-2)8-3)15(17-5)12-11-14-10-9-13-19-14/h14-15,17H,6-13H2,1-5H3. The van der Waals surface area contributed by atoms with E-state index in [0.29, 0.717) is 12.1 Å². The minimum atomic E-state index is 0.247. The summed E-state index contributed by atoms with van der Waals surface area (Å²) in [5.41, 5.74) is 0.247. The molecule has 1 N–H and O–H groups in total. The van der Waals surface area contributed by atoms with Crippen LogP contribution < -0.4 is 5.32 Å². The number of hydrogen-bond acceptors (Lipinski definition) is 3. The van der Waals surface area contributed by atoms with E-state index in [1.807, 2.05) is 0 Å². The largest absolute Gasteiger partial charge is 0.378 e. The van der Waals surface area contributed by atoms with Crippen molar-refractivity contribution in [2.24, 2.45) is 0 Å². The molecule has 1 fully saturated rings. The first-order chi connectivity index (χ1) is 9.12. The van der Waals surface area contributed by atoms with Crippen molar-refractivity contribution in [3.05, 3.63) is 0 Å². The summed E-state index contributed by atoms with van der Waals surface area (Å²) in [5, 5.41) is 3.57. The topological polar surface area (TPSA) is 24.5 Å². The SMILES string of the molecule is CCN(CC)C(C)(CC)C(CCC1CCCO1)NC. The third-order valence-electron chi connectivity index (χ3n) is 5.10. The van der Waals surface area contributed by atoms with Crippen LogP contribution in [0.25, 0.3) is 0 Å². The van der Waals surface area contributed by atoms with Gasteiger partial charge >= 0.3 is 0 Å². The van der Waals surface area contributed by atoms with Crippen molar-refractivity contribution in [3.8, 4) is 0 Å². The summed E-state index contributed by atoms with van der Waals surface area (Å²) >= 11 is 0. The van der Waals surface area contributed by atoms with Gasteiger partial charge in [-0.15, -0.1) is 0 Å². The van der Waals surface area contributed by atoms with Gasteiger partial charge in [0.15, 0.2) is 0 Å². The van der Waals surface area contributed by atoms with Crippen LogP contribution in [0.3, 0.4) is 0 Å². The van der Waals surface area contributed by atoms with E-state index in [4.69, 9.17) is 4.74 Å². The second kappa shape index (κ2) is 8.23. The lowest BCUT2D eigenvalue weighted by Crippen LogP contribution is -2.58. The molecule has 1 aliphatic heterocycles. The first-order valence-corrected chi connectivity index (χ1v) is 8.16. The summed E-state index contributed by atoms with van der Waals surface area (Å²) in [6.45, 7) is 12.5. The summed E-state index contributed by atoms with van der Waals surface area (Å²) in [7, 11) is 2.11. The van der Waals surface area contributed by atoms with Gasteiger partial charge in [-0.25, -0.2) is 0 Å². The first-order valence-electron chi connectivity index (χ1n) is 8.16. The Morgan fingerprint density at radius 3 is 2.42 bits per heavy atom. The van der Waals surface area contributed by atoms with Crippen molar-refractivity contribution in [2.75, 3.05) is 26.7 Å². The van der Waals surface area contributed by atoms with E-state index in [0.717, 1.165) is 19.7 Å². The first kappa shape index (κ1) is 16.9. The zero-order chi connectivity index (χ0) is 14.3. The van der Waals surface area contributed by atoms with Crippen LogP contribution in [0.2, 0.25) is 0 Å². The highest BCUT2D eigenvalue weighted by Gasteiger charge is 2.36.